The average molecular weight is 220 g/mol. The molecule has 0 aromatic carbocycles. The maximum atomic E-state index is 11.1. The third kappa shape index (κ3) is 1.64. The average Bonchev–Trinajstić information content (AvgIpc) is 2.64. The Balaban J connectivity index is 1.79. The summed E-state index contributed by atoms with van der Waals surface area (Å²) in [6.45, 7) is 0.794. The smallest absolute Gasteiger partial charge is 0.178 e. The quantitative estimate of drug-likeness (QED) is 0.627. The molecule has 0 aromatic heterocycles. The normalized spacial score (nSPS) is 36.4. The van der Waals surface area contributed by atoms with Crippen molar-refractivity contribution in [1.82, 2.24) is 0 Å². The zero-order chi connectivity index (χ0) is 11.1. The van der Waals surface area contributed by atoms with Gasteiger partial charge in [-0.25, -0.2) is 0 Å². The maximum Gasteiger partial charge on any atom is 0.178 e. The Morgan fingerprint density at radius 3 is 2.56 bits per heavy atom. The van der Waals surface area contributed by atoms with Gasteiger partial charge in [-0.05, 0) is 43.6 Å². The van der Waals surface area contributed by atoms with E-state index in [9.17, 15) is 4.79 Å². The Morgan fingerprint density at radius 2 is 1.88 bits per heavy atom. The number of allylic oxidation sites excluding steroid dienone is 2. The predicted octanol–water partition coefficient (Wildman–Crippen LogP) is 2.13. The van der Waals surface area contributed by atoms with Crippen LogP contribution in [0.3, 0.4) is 0 Å². The standard InChI is InChI=1S/C13H16O3/c14-11-3-6-12(7-4-11)8-9-13(16-12)5-1-2-10-15-13/h3-4,6-7H,1-2,5,8-10H2. The Morgan fingerprint density at radius 1 is 1.06 bits per heavy atom. The van der Waals surface area contributed by atoms with Crippen LogP contribution in [-0.2, 0) is 14.3 Å². The predicted molar refractivity (Wildman–Crippen MR) is 58.9 cm³/mol. The van der Waals surface area contributed by atoms with E-state index < -0.39 is 0 Å². The van der Waals surface area contributed by atoms with Crippen LogP contribution in [0.25, 0.3) is 0 Å². The third-order valence-corrected chi connectivity index (χ3v) is 3.65. The largest absolute Gasteiger partial charge is 0.350 e. The van der Waals surface area contributed by atoms with Gasteiger partial charge in [-0.3, -0.25) is 4.79 Å². The lowest BCUT2D eigenvalue weighted by molar-refractivity contribution is -0.251. The molecule has 16 heavy (non-hydrogen) atoms. The van der Waals surface area contributed by atoms with Gasteiger partial charge in [-0.2, -0.15) is 0 Å². The number of ketones is 1. The molecule has 3 rings (SSSR count). The SMILES string of the molecule is O=C1C=CC2(C=C1)CCC1(CCCCO1)O2. The van der Waals surface area contributed by atoms with Crippen LogP contribution in [0.2, 0.25) is 0 Å². The van der Waals surface area contributed by atoms with Crippen LogP contribution in [0.1, 0.15) is 32.1 Å². The van der Waals surface area contributed by atoms with Gasteiger partial charge in [-0.1, -0.05) is 0 Å². The molecule has 1 aliphatic carbocycles. The minimum atomic E-state index is -0.384. The molecule has 1 atom stereocenters. The molecule has 2 heterocycles. The summed E-state index contributed by atoms with van der Waals surface area (Å²) in [4.78, 5) is 11.1. The van der Waals surface area contributed by atoms with Crippen molar-refractivity contribution < 1.29 is 14.3 Å². The molecule has 3 nitrogen and oxygen atoms in total. The zero-order valence-electron chi connectivity index (χ0n) is 9.28. The van der Waals surface area contributed by atoms with Crippen LogP contribution >= 0.6 is 0 Å². The van der Waals surface area contributed by atoms with Gasteiger partial charge in [0.15, 0.2) is 11.6 Å². The van der Waals surface area contributed by atoms with Gasteiger partial charge >= 0.3 is 0 Å². The van der Waals surface area contributed by atoms with Crippen molar-refractivity contribution in [3.8, 4) is 0 Å². The van der Waals surface area contributed by atoms with Crippen molar-refractivity contribution in [3.05, 3.63) is 24.3 Å². The van der Waals surface area contributed by atoms with E-state index in [0.717, 1.165) is 32.3 Å². The summed E-state index contributed by atoms with van der Waals surface area (Å²) >= 11 is 0. The Kier molecular flexibility index (Phi) is 2.26. The van der Waals surface area contributed by atoms with Gasteiger partial charge in [0, 0.05) is 12.8 Å². The summed E-state index contributed by atoms with van der Waals surface area (Å²) in [5.74, 6) is -0.340. The first kappa shape index (κ1) is 10.2. The van der Waals surface area contributed by atoms with Crippen LogP contribution in [0.15, 0.2) is 24.3 Å². The topological polar surface area (TPSA) is 35.5 Å². The summed E-state index contributed by atoms with van der Waals surface area (Å²) in [5.41, 5.74) is -0.384. The highest BCUT2D eigenvalue weighted by molar-refractivity contribution is 6.00. The minimum Gasteiger partial charge on any atom is -0.350 e. The fraction of sp³-hybridized carbons (Fsp3) is 0.615. The first-order valence-corrected chi connectivity index (χ1v) is 5.99. The van der Waals surface area contributed by atoms with E-state index in [-0.39, 0.29) is 17.2 Å². The Labute approximate surface area is 95.1 Å². The van der Waals surface area contributed by atoms with E-state index in [1.807, 2.05) is 12.2 Å². The van der Waals surface area contributed by atoms with Crippen molar-refractivity contribution in [2.75, 3.05) is 6.61 Å². The monoisotopic (exact) mass is 220 g/mol. The molecule has 2 fully saturated rings. The van der Waals surface area contributed by atoms with Gasteiger partial charge in [0.05, 0.1) is 6.61 Å². The van der Waals surface area contributed by atoms with Crippen LogP contribution in [0.5, 0.6) is 0 Å². The second-order valence-corrected chi connectivity index (χ2v) is 4.84. The molecular formula is C13H16O3. The highest BCUT2D eigenvalue weighted by atomic mass is 16.7. The number of carbonyl (C=O) groups is 1. The maximum absolute atomic E-state index is 11.1. The van der Waals surface area contributed by atoms with Gasteiger partial charge in [-0.15, -0.1) is 0 Å². The molecule has 2 saturated heterocycles. The molecule has 2 spiro atoms. The summed E-state index contributed by atoms with van der Waals surface area (Å²) in [6.07, 6.45) is 12.1. The molecule has 1 unspecified atom stereocenters. The number of ether oxygens (including phenoxy) is 2. The summed E-state index contributed by atoms with van der Waals surface area (Å²) in [6, 6.07) is 0. The van der Waals surface area contributed by atoms with Gasteiger partial charge in [0.25, 0.3) is 0 Å². The molecule has 0 saturated carbocycles. The molecule has 0 bridgehead atoms. The lowest BCUT2D eigenvalue weighted by atomic mass is 9.93. The van der Waals surface area contributed by atoms with Crippen molar-refractivity contribution in [2.45, 2.75) is 43.5 Å². The minimum absolute atomic E-state index is 0.0414. The van der Waals surface area contributed by atoms with E-state index >= 15 is 0 Å². The number of hydrogen-bond acceptors (Lipinski definition) is 3. The Bertz CT molecular complexity index is 345. The summed E-state index contributed by atoms with van der Waals surface area (Å²) in [7, 11) is 0. The van der Waals surface area contributed by atoms with E-state index in [2.05, 4.69) is 0 Å². The highest BCUT2D eigenvalue weighted by Gasteiger charge is 2.48. The lowest BCUT2D eigenvalue weighted by Crippen LogP contribution is -2.39. The van der Waals surface area contributed by atoms with Gasteiger partial charge in [0.1, 0.15) is 5.60 Å². The molecule has 0 radical (unpaired) electrons. The summed E-state index contributed by atoms with van der Waals surface area (Å²) in [5, 5.41) is 0. The van der Waals surface area contributed by atoms with Gasteiger partial charge in [0.2, 0.25) is 0 Å². The second kappa shape index (κ2) is 3.54. The fourth-order valence-corrected chi connectivity index (χ4v) is 2.73. The number of rotatable bonds is 0. The van der Waals surface area contributed by atoms with Crippen molar-refractivity contribution in [1.29, 1.82) is 0 Å². The van der Waals surface area contributed by atoms with Crippen LogP contribution < -0.4 is 0 Å². The Hall–Kier alpha value is -0.930. The van der Waals surface area contributed by atoms with Crippen molar-refractivity contribution in [3.63, 3.8) is 0 Å². The molecular weight excluding hydrogens is 204 g/mol. The first-order chi connectivity index (χ1) is 7.72. The summed E-state index contributed by atoms with van der Waals surface area (Å²) < 4.78 is 11.9. The van der Waals surface area contributed by atoms with Crippen LogP contribution in [0, 0.1) is 0 Å². The molecule has 2 aliphatic heterocycles. The van der Waals surface area contributed by atoms with E-state index in [0.29, 0.717) is 0 Å². The molecule has 0 amide bonds. The molecule has 3 aliphatic rings. The van der Waals surface area contributed by atoms with E-state index in [1.54, 1.807) is 12.2 Å². The van der Waals surface area contributed by atoms with Crippen LogP contribution in [-0.4, -0.2) is 23.8 Å². The highest BCUT2D eigenvalue weighted by Crippen LogP contribution is 2.45. The van der Waals surface area contributed by atoms with Crippen molar-refractivity contribution >= 4 is 5.78 Å². The lowest BCUT2D eigenvalue weighted by Gasteiger charge is -2.35. The molecule has 86 valence electrons. The fourth-order valence-electron chi connectivity index (χ4n) is 2.73. The van der Waals surface area contributed by atoms with Crippen molar-refractivity contribution in [2.24, 2.45) is 0 Å². The van der Waals surface area contributed by atoms with Gasteiger partial charge < -0.3 is 9.47 Å². The number of hydrogen-bond donors (Lipinski definition) is 0. The third-order valence-electron chi connectivity index (χ3n) is 3.65. The molecule has 3 heteroatoms. The number of carbonyl (C=O) groups excluding carboxylic acids is 1. The van der Waals surface area contributed by atoms with E-state index in [4.69, 9.17) is 9.47 Å². The zero-order valence-corrected chi connectivity index (χ0v) is 9.28. The first-order valence-electron chi connectivity index (χ1n) is 5.99. The molecule has 0 aromatic rings. The second-order valence-electron chi connectivity index (χ2n) is 4.84. The molecule has 0 N–H and O–H groups in total. The van der Waals surface area contributed by atoms with Crippen LogP contribution in [0.4, 0.5) is 0 Å². The van der Waals surface area contributed by atoms with E-state index in [1.165, 1.54) is 6.42 Å².